The number of hydrogen-bond donors (Lipinski definition) is 2. The monoisotopic (exact) mass is 498 g/mol. The average Bonchev–Trinajstić information content (AvgIpc) is 2.87. The number of aromatic nitrogens is 2. The van der Waals surface area contributed by atoms with Crippen LogP contribution in [-0.4, -0.2) is 9.97 Å². The van der Waals surface area contributed by atoms with E-state index < -0.39 is 0 Å². The number of hydrogen-bond acceptors (Lipinski definition) is 4. The highest BCUT2D eigenvalue weighted by Crippen LogP contribution is 2.26. The molecule has 2 heterocycles. The fourth-order valence-electron chi connectivity index (χ4n) is 3.82. The minimum absolute atomic E-state index is 0.0169. The molecule has 2 aromatic carbocycles. The molecule has 0 saturated heterocycles. The van der Waals surface area contributed by atoms with Gasteiger partial charge in [0.15, 0.2) is 0 Å². The maximum Gasteiger partial charge on any atom is 0.114 e. The van der Waals surface area contributed by atoms with Crippen LogP contribution >= 0.6 is 0 Å². The van der Waals surface area contributed by atoms with Crippen molar-refractivity contribution in [2.45, 2.75) is 52.4 Å². The minimum atomic E-state index is 0.0169. The van der Waals surface area contributed by atoms with Gasteiger partial charge in [0.1, 0.15) is 11.4 Å². The van der Waals surface area contributed by atoms with Crippen molar-refractivity contribution in [1.29, 1.82) is 0 Å². The Balaban J connectivity index is 1.62. The lowest BCUT2D eigenvalue weighted by Gasteiger charge is -2.19. The van der Waals surface area contributed by atoms with E-state index in [9.17, 15) is 0 Å². The summed E-state index contributed by atoms with van der Waals surface area (Å²) < 4.78 is 0. The van der Waals surface area contributed by atoms with Crippen LogP contribution in [0, 0.1) is 23.7 Å². The highest BCUT2D eigenvalue weighted by atomic mass is 14.8. The SMILES string of the molecule is CC(C)(C)c1ccc(N)c(C#Cc2cccc(-c3cccc(C#Cc4cc(C(C)(C)C)ccc4N)n3)n2)c1. The summed E-state index contributed by atoms with van der Waals surface area (Å²) >= 11 is 0. The van der Waals surface area contributed by atoms with Gasteiger partial charge < -0.3 is 11.5 Å². The Morgan fingerprint density at radius 1 is 0.526 bits per heavy atom. The largest absolute Gasteiger partial charge is 0.398 e. The first kappa shape index (κ1) is 26.5. The van der Waals surface area contributed by atoms with Gasteiger partial charge in [0.2, 0.25) is 0 Å². The van der Waals surface area contributed by atoms with Gasteiger partial charge in [0, 0.05) is 22.5 Å². The van der Waals surface area contributed by atoms with Crippen molar-refractivity contribution in [2.75, 3.05) is 11.5 Å². The van der Waals surface area contributed by atoms with E-state index in [0.717, 1.165) is 22.5 Å². The zero-order valence-electron chi connectivity index (χ0n) is 23.0. The highest BCUT2D eigenvalue weighted by Gasteiger charge is 2.15. The van der Waals surface area contributed by atoms with Gasteiger partial charge >= 0.3 is 0 Å². The van der Waals surface area contributed by atoms with Crippen LogP contribution in [0.25, 0.3) is 11.4 Å². The standard InChI is InChI=1S/C34H34N4/c1-33(2,3)25-15-19-29(35)23(21-25)13-17-27-9-7-11-31(37-27)32-12-8-10-28(38-32)18-14-24-22-26(34(4,5)6)16-20-30(24)36/h7-12,15-16,19-22H,35-36H2,1-6H3. The number of pyridine rings is 2. The summed E-state index contributed by atoms with van der Waals surface area (Å²) in [6.07, 6.45) is 0. The number of anilines is 2. The second-order valence-electron chi connectivity index (χ2n) is 11.4. The zero-order chi connectivity index (χ0) is 27.5. The van der Waals surface area contributed by atoms with Gasteiger partial charge in [-0.05, 0) is 82.3 Å². The van der Waals surface area contributed by atoms with Gasteiger partial charge in [-0.1, -0.05) is 77.6 Å². The first-order chi connectivity index (χ1) is 17.9. The molecule has 190 valence electrons. The maximum absolute atomic E-state index is 6.19. The van der Waals surface area contributed by atoms with Crippen molar-refractivity contribution in [2.24, 2.45) is 0 Å². The van der Waals surface area contributed by atoms with Crippen molar-refractivity contribution in [3.8, 4) is 35.1 Å². The van der Waals surface area contributed by atoms with E-state index in [4.69, 9.17) is 21.4 Å². The van der Waals surface area contributed by atoms with Gasteiger partial charge in [0.05, 0.1) is 11.4 Å². The maximum atomic E-state index is 6.19. The number of nitrogens with two attached hydrogens (primary N) is 2. The number of benzene rings is 2. The molecule has 4 N–H and O–H groups in total. The van der Waals surface area contributed by atoms with Gasteiger partial charge in [0.25, 0.3) is 0 Å². The van der Waals surface area contributed by atoms with Crippen molar-refractivity contribution in [1.82, 2.24) is 9.97 Å². The molecule has 4 nitrogen and oxygen atoms in total. The van der Waals surface area contributed by atoms with Crippen LogP contribution in [0.2, 0.25) is 0 Å². The van der Waals surface area contributed by atoms with E-state index in [1.807, 2.05) is 48.5 Å². The molecule has 0 radical (unpaired) electrons. The Kier molecular flexibility index (Phi) is 7.29. The summed E-state index contributed by atoms with van der Waals surface area (Å²) in [5.41, 5.74) is 20.4. The summed E-state index contributed by atoms with van der Waals surface area (Å²) in [6, 6.07) is 23.5. The smallest absolute Gasteiger partial charge is 0.114 e. The topological polar surface area (TPSA) is 77.8 Å². The number of nitrogens with zero attached hydrogens (tertiary/aromatic N) is 2. The summed E-state index contributed by atoms with van der Waals surface area (Å²) in [4.78, 5) is 9.45. The molecule has 4 rings (SSSR count). The van der Waals surface area contributed by atoms with Gasteiger partial charge in [-0.3, -0.25) is 0 Å². The Morgan fingerprint density at radius 2 is 0.921 bits per heavy atom. The third-order valence-corrected chi connectivity index (χ3v) is 6.25. The lowest BCUT2D eigenvalue weighted by Crippen LogP contribution is -2.11. The van der Waals surface area contributed by atoms with Gasteiger partial charge in [-0.2, -0.15) is 0 Å². The molecule has 4 heteroatoms. The van der Waals surface area contributed by atoms with E-state index >= 15 is 0 Å². The van der Waals surface area contributed by atoms with E-state index in [1.54, 1.807) is 0 Å². The molecular weight excluding hydrogens is 464 g/mol. The Bertz CT molecular complexity index is 1490. The molecule has 0 spiro atoms. The lowest BCUT2D eigenvalue weighted by molar-refractivity contribution is 0.590. The second-order valence-corrected chi connectivity index (χ2v) is 11.4. The highest BCUT2D eigenvalue weighted by molar-refractivity contribution is 5.62. The van der Waals surface area contributed by atoms with Crippen LogP contribution in [0.1, 0.15) is 75.2 Å². The fourth-order valence-corrected chi connectivity index (χ4v) is 3.82. The normalized spacial score (nSPS) is 11.2. The van der Waals surface area contributed by atoms with Crippen molar-refractivity contribution in [3.63, 3.8) is 0 Å². The van der Waals surface area contributed by atoms with Gasteiger partial charge in [-0.15, -0.1) is 0 Å². The lowest BCUT2D eigenvalue weighted by atomic mass is 9.86. The predicted molar refractivity (Wildman–Crippen MR) is 159 cm³/mol. The molecule has 0 atom stereocenters. The number of rotatable bonds is 1. The summed E-state index contributed by atoms with van der Waals surface area (Å²) in [6.45, 7) is 13.0. The summed E-state index contributed by atoms with van der Waals surface area (Å²) in [5, 5.41) is 0. The zero-order valence-corrected chi connectivity index (χ0v) is 23.0. The number of nitrogen functional groups attached to an aromatic ring is 2. The van der Waals surface area contributed by atoms with Crippen LogP contribution in [0.3, 0.4) is 0 Å². The molecule has 0 fully saturated rings. The minimum Gasteiger partial charge on any atom is -0.398 e. The van der Waals surface area contributed by atoms with E-state index in [-0.39, 0.29) is 10.8 Å². The van der Waals surface area contributed by atoms with E-state index in [2.05, 4.69) is 89.5 Å². The average molecular weight is 499 g/mol. The van der Waals surface area contributed by atoms with Gasteiger partial charge in [-0.25, -0.2) is 9.97 Å². The molecule has 0 unspecified atom stereocenters. The Hall–Kier alpha value is -4.54. The molecule has 38 heavy (non-hydrogen) atoms. The fraction of sp³-hybridized carbons (Fsp3) is 0.235. The first-order valence-electron chi connectivity index (χ1n) is 12.7. The third kappa shape index (κ3) is 6.41. The first-order valence-corrected chi connectivity index (χ1v) is 12.7. The van der Waals surface area contributed by atoms with Crippen LogP contribution in [0.5, 0.6) is 0 Å². The van der Waals surface area contributed by atoms with Crippen LogP contribution in [-0.2, 0) is 10.8 Å². The Labute approximate surface area is 226 Å². The molecule has 0 aliphatic heterocycles. The van der Waals surface area contributed by atoms with Crippen LogP contribution in [0.15, 0.2) is 72.8 Å². The van der Waals surface area contributed by atoms with Crippen molar-refractivity contribution < 1.29 is 0 Å². The third-order valence-electron chi connectivity index (χ3n) is 6.25. The van der Waals surface area contributed by atoms with Crippen LogP contribution in [0.4, 0.5) is 11.4 Å². The van der Waals surface area contributed by atoms with E-state index in [0.29, 0.717) is 22.8 Å². The molecule has 0 aliphatic rings. The molecule has 0 amide bonds. The van der Waals surface area contributed by atoms with Crippen LogP contribution < -0.4 is 11.5 Å². The quantitative estimate of drug-likeness (QED) is 0.226. The van der Waals surface area contributed by atoms with E-state index in [1.165, 1.54) is 11.1 Å². The summed E-state index contributed by atoms with van der Waals surface area (Å²) in [5.74, 6) is 12.7. The molecule has 2 aromatic heterocycles. The van der Waals surface area contributed by atoms with Crippen molar-refractivity contribution in [3.05, 3.63) is 106 Å². The molecule has 4 aromatic rings. The molecular formula is C34H34N4. The Morgan fingerprint density at radius 3 is 1.29 bits per heavy atom. The molecule has 0 bridgehead atoms. The molecule has 0 saturated carbocycles. The predicted octanol–water partition coefficient (Wildman–Crippen LogP) is 6.70. The summed E-state index contributed by atoms with van der Waals surface area (Å²) in [7, 11) is 0. The molecule has 0 aliphatic carbocycles. The second kappa shape index (κ2) is 10.4. The van der Waals surface area contributed by atoms with Crippen molar-refractivity contribution >= 4 is 11.4 Å².